The van der Waals surface area contributed by atoms with E-state index < -0.39 is 0 Å². The van der Waals surface area contributed by atoms with Crippen molar-refractivity contribution in [2.24, 2.45) is 5.73 Å². The van der Waals surface area contributed by atoms with Gasteiger partial charge < -0.3 is 5.73 Å². The van der Waals surface area contributed by atoms with Gasteiger partial charge in [0.05, 0.1) is 6.67 Å². The van der Waals surface area contributed by atoms with Crippen LogP contribution in [0.1, 0.15) is 19.8 Å². The van der Waals surface area contributed by atoms with E-state index in [4.69, 9.17) is 5.73 Å². The molecule has 14 heavy (non-hydrogen) atoms. The van der Waals surface area contributed by atoms with Crippen molar-refractivity contribution in [2.75, 3.05) is 6.67 Å². The van der Waals surface area contributed by atoms with Crippen LogP contribution in [-0.4, -0.2) is 23.9 Å². The van der Waals surface area contributed by atoms with Gasteiger partial charge in [-0.15, -0.1) is 0 Å². The van der Waals surface area contributed by atoms with Gasteiger partial charge in [0, 0.05) is 5.57 Å². The predicted molar refractivity (Wildman–Crippen MR) is 53.0 cm³/mol. The first-order valence-electron chi connectivity index (χ1n) is 4.53. The monoisotopic (exact) mass is 194 g/mol. The summed E-state index contributed by atoms with van der Waals surface area (Å²) in [5, 5.41) is 0. The molecule has 0 unspecified atom stereocenters. The number of hydrogen-bond acceptors (Lipinski definition) is 3. The van der Waals surface area contributed by atoms with Gasteiger partial charge in [-0.05, 0) is 25.3 Å². The molecule has 2 N–H and O–H groups in total. The van der Waals surface area contributed by atoms with Crippen molar-refractivity contribution >= 4 is 12.3 Å². The number of carbonyl (C=O) groups excluding carboxylic acids is 2. The molecule has 0 saturated heterocycles. The lowest BCUT2D eigenvalue weighted by Crippen LogP contribution is -2.36. The standard InChI is InChI=1S/C10H14N2O2/c1-8-4-2-3-5-9(8)10(14)12(6-11)7-13/h2,4,7H,3,5-6,11H2,1H3. The summed E-state index contributed by atoms with van der Waals surface area (Å²) in [4.78, 5) is 23.2. The maximum absolute atomic E-state index is 11.7. The van der Waals surface area contributed by atoms with Gasteiger partial charge in [-0.3, -0.25) is 14.5 Å². The molecule has 0 aromatic carbocycles. The fourth-order valence-electron chi connectivity index (χ4n) is 1.41. The zero-order chi connectivity index (χ0) is 10.6. The number of carbonyl (C=O) groups is 2. The van der Waals surface area contributed by atoms with Crippen molar-refractivity contribution in [1.29, 1.82) is 0 Å². The average Bonchev–Trinajstić information content (AvgIpc) is 2.20. The number of nitrogens with two attached hydrogens (primary N) is 1. The van der Waals surface area contributed by atoms with Crippen molar-refractivity contribution in [3.63, 3.8) is 0 Å². The van der Waals surface area contributed by atoms with Crippen molar-refractivity contribution in [3.05, 3.63) is 23.3 Å². The maximum Gasteiger partial charge on any atom is 0.257 e. The van der Waals surface area contributed by atoms with Crippen LogP contribution in [0.4, 0.5) is 0 Å². The van der Waals surface area contributed by atoms with Crippen LogP contribution in [-0.2, 0) is 9.59 Å². The number of hydrogen-bond donors (Lipinski definition) is 1. The van der Waals surface area contributed by atoms with Crippen molar-refractivity contribution < 1.29 is 9.59 Å². The Balaban J connectivity index is 2.87. The highest BCUT2D eigenvalue weighted by molar-refractivity contribution is 6.00. The van der Waals surface area contributed by atoms with E-state index in [1.807, 2.05) is 19.1 Å². The number of rotatable bonds is 3. The number of allylic oxidation sites excluding steroid dienone is 3. The van der Waals surface area contributed by atoms with Crippen LogP contribution in [0, 0.1) is 0 Å². The van der Waals surface area contributed by atoms with Gasteiger partial charge in [-0.25, -0.2) is 0 Å². The smallest absolute Gasteiger partial charge is 0.257 e. The van der Waals surface area contributed by atoms with Gasteiger partial charge in [0.15, 0.2) is 0 Å². The Morgan fingerprint density at radius 2 is 2.43 bits per heavy atom. The van der Waals surface area contributed by atoms with E-state index in [9.17, 15) is 9.59 Å². The minimum Gasteiger partial charge on any atom is -0.313 e. The predicted octanol–water partition coefficient (Wildman–Crippen LogP) is 0.554. The molecule has 1 aliphatic carbocycles. The van der Waals surface area contributed by atoms with Crippen LogP contribution in [0.5, 0.6) is 0 Å². The Kier molecular flexibility index (Phi) is 3.59. The molecule has 4 nitrogen and oxygen atoms in total. The molecule has 0 radical (unpaired) electrons. The van der Waals surface area contributed by atoms with Crippen molar-refractivity contribution in [1.82, 2.24) is 4.90 Å². The Morgan fingerprint density at radius 1 is 1.71 bits per heavy atom. The molecule has 0 saturated carbocycles. The largest absolute Gasteiger partial charge is 0.313 e. The molecule has 0 fully saturated rings. The van der Waals surface area contributed by atoms with Crippen LogP contribution in [0.3, 0.4) is 0 Å². The zero-order valence-corrected chi connectivity index (χ0v) is 8.19. The third-order valence-electron chi connectivity index (χ3n) is 2.25. The second kappa shape index (κ2) is 4.72. The van der Waals surface area contributed by atoms with E-state index in [0.717, 1.165) is 16.9 Å². The zero-order valence-electron chi connectivity index (χ0n) is 8.19. The van der Waals surface area contributed by atoms with Crippen LogP contribution in [0.2, 0.25) is 0 Å². The first kappa shape index (κ1) is 10.7. The lowest BCUT2D eigenvalue weighted by atomic mass is 9.98. The third-order valence-corrected chi connectivity index (χ3v) is 2.25. The minimum atomic E-state index is -0.274. The molecule has 4 heteroatoms. The Labute approximate surface area is 83.1 Å². The van der Waals surface area contributed by atoms with E-state index in [2.05, 4.69) is 0 Å². The van der Waals surface area contributed by atoms with Gasteiger partial charge in [-0.1, -0.05) is 12.2 Å². The highest BCUT2D eigenvalue weighted by atomic mass is 16.2. The van der Waals surface area contributed by atoms with E-state index in [1.165, 1.54) is 0 Å². The molecule has 1 rings (SSSR count). The summed E-state index contributed by atoms with van der Waals surface area (Å²) in [7, 11) is 0. The van der Waals surface area contributed by atoms with Gasteiger partial charge in [0.2, 0.25) is 6.41 Å². The Hall–Kier alpha value is -1.42. The second-order valence-corrected chi connectivity index (χ2v) is 3.17. The molecule has 1 aliphatic rings. The minimum absolute atomic E-state index is 0.0666. The van der Waals surface area contributed by atoms with Gasteiger partial charge in [0.1, 0.15) is 0 Å². The molecule has 0 aliphatic heterocycles. The summed E-state index contributed by atoms with van der Waals surface area (Å²) < 4.78 is 0. The fraction of sp³-hybridized carbons (Fsp3) is 0.400. The Morgan fingerprint density at radius 3 is 2.93 bits per heavy atom. The highest BCUT2D eigenvalue weighted by Gasteiger charge is 2.18. The molecule has 0 atom stereocenters. The number of nitrogens with zero attached hydrogens (tertiary/aromatic N) is 1. The summed E-state index contributed by atoms with van der Waals surface area (Å²) in [5.41, 5.74) is 6.87. The molecule has 0 spiro atoms. The van der Waals surface area contributed by atoms with Crippen LogP contribution in [0.15, 0.2) is 23.3 Å². The van der Waals surface area contributed by atoms with E-state index in [1.54, 1.807) is 0 Å². The third kappa shape index (κ3) is 2.09. The SMILES string of the molecule is CC1=C(C(=O)N(C=O)CN)CCC=C1. The molecule has 0 bridgehead atoms. The first-order chi connectivity index (χ1) is 6.70. The van der Waals surface area contributed by atoms with E-state index in [-0.39, 0.29) is 12.6 Å². The summed E-state index contributed by atoms with van der Waals surface area (Å²) in [5.74, 6) is -0.274. The van der Waals surface area contributed by atoms with Crippen molar-refractivity contribution in [3.8, 4) is 0 Å². The molecule has 76 valence electrons. The van der Waals surface area contributed by atoms with Crippen molar-refractivity contribution in [2.45, 2.75) is 19.8 Å². The lowest BCUT2D eigenvalue weighted by molar-refractivity contribution is -0.135. The highest BCUT2D eigenvalue weighted by Crippen LogP contribution is 2.19. The number of amides is 2. The van der Waals surface area contributed by atoms with Gasteiger partial charge in [0.25, 0.3) is 5.91 Å². The summed E-state index contributed by atoms with van der Waals surface area (Å²) >= 11 is 0. The van der Waals surface area contributed by atoms with Gasteiger partial charge in [-0.2, -0.15) is 0 Å². The molecular weight excluding hydrogens is 180 g/mol. The summed E-state index contributed by atoms with van der Waals surface area (Å²) in [6.07, 6.45) is 5.91. The molecule has 0 aromatic heterocycles. The van der Waals surface area contributed by atoms with E-state index in [0.29, 0.717) is 18.4 Å². The molecule has 0 heterocycles. The topological polar surface area (TPSA) is 63.4 Å². The van der Waals surface area contributed by atoms with Gasteiger partial charge >= 0.3 is 0 Å². The summed E-state index contributed by atoms with van der Waals surface area (Å²) in [6, 6.07) is 0. The second-order valence-electron chi connectivity index (χ2n) is 3.17. The summed E-state index contributed by atoms with van der Waals surface area (Å²) in [6.45, 7) is 1.80. The van der Waals surface area contributed by atoms with Crippen LogP contribution < -0.4 is 5.73 Å². The molecule has 2 amide bonds. The fourth-order valence-corrected chi connectivity index (χ4v) is 1.41. The Bertz CT molecular complexity index is 305. The van der Waals surface area contributed by atoms with Crippen LogP contribution >= 0.6 is 0 Å². The lowest BCUT2D eigenvalue weighted by Gasteiger charge is -2.18. The molecule has 0 aromatic rings. The normalized spacial score (nSPS) is 15.6. The van der Waals surface area contributed by atoms with E-state index >= 15 is 0 Å². The average molecular weight is 194 g/mol. The quantitative estimate of drug-likeness (QED) is 0.527. The van der Waals surface area contributed by atoms with Crippen LogP contribution in [0.25, 0.3) is 0 Å². The number of imide groups is 1. The first-order valence-corrected chi connectivity index (χ1v) is 4.53. The molecular formula is C10H14N2O2. The maximum atomic E-state index is 11.7.